The molecule has 0 atom stereocenters. The lowest BCUT2D eigenvalue weighted by molar-refractivity contribution is -0.136. The minimum absolute atomic E-state index is 0.0146. The summed E-state index contributed by atoms with van der Waals surface area (Å²) >= 11 is 5.83. The number of carbonyl (C=O) groups excluding carboxylic acids is 2. The number of allylic oxidation sites excluding steroid dienone is 1. The van der Waals surface area contributed by atoms with Crippen LogP contribution in [0, 0.1) is 25.5 Å². The Morgan fingerprint density at radius 1 is 1.09 bits per heavy atom. The molecule has 2 aromatic carbocycles. The molecule has 0 unspecified atom stereocenters. The molecule has 0 radical (unpaired) electrons. The van der Waals surface area contributed by atoms with Gasteiger partial charge < -0.3 is 9.64 Å². The summed E-state index contributed by atoms with van der Waals surface area (Å²) in [5.41, 5.74) is -0.118. The molecule has 0 aliphatic heterocycles. The Kier molecular flexibility index (Phi) is 7.87. The third-order valence-corrected chi connectivity index (χ3v) is 6.62. The maximum absolute atomic E-state index is 14.8. The second-order valence-electron chi connectivity index (χ2n) is 7.43. The van der Waals surface area contributed by atoms with Gasteiger partial charge in [0.2, 0.25) is 0 Å². The van der Waals surface area contributed by atoms with Crippen molar-refractivity contribution in [3.63, 3.8) is 0 Å². The van der Waals surface area contributed by atoms with E-state index in [0.717, 1.165) is 24.1 Å². The first kappa shape index (κ1) is 26.3. The van der Waals surface area contributed by atoms with Gasteiger partial charge in [-0.05, 0) is 55.7 Å². The van der Waals surface area contributed by atoms with Crippen LogP contribution in [0.25, 0.3) is 5.57 Å². The van der Waals surface area contributed by atoms with Gasteiger partial charge in [0.1, 0.15) is 22.2 Å². The normalized spacial score (nSPS) is 12.2. The standard InChI is InChI=1S/C22H23ClF2N2O5S/c1-11-7-8-16(24)18(12(11)2)13(3)19(22(29)32-6)26-33(30,31)20-15(21(28)27(4)5)9-14(23)10-17(20)25/h7-10,26H,1-6H3/b19-13-. The van der Waals surface area contributed by atoms with Gasteiger partial charge in [-0.1, -0.05) is 17.7 Å². The maximum atomic E-state index is 14.8. The molecule has 1 N–H and O–H groups in total. The molecule has 33 heavy (non-hydrogen) atoms. The van der Waals surface area contributed by atoms with E-state index in [2.05, 4.69) is 4.74 Å². The van der Waals surface area contributed by atoms with Gasteiger partial charge in [0.05, 0.1) is 12.7 Å². The smallest absolute Gasteiger partial charge is 0.355 e. The summed E-state index contributed by atoms with van der Waals surface area (Å²) in [5.74, 6) is -3.97. The lowest BCUT2D eigenvalue weighted by atomic mass is 9.96. The van der Waals surface area contributed by atoms with E-state index >= 15 is 0 Å². The van der Waals surface area contributed by atoms with Crippen LogP contribution in [-0.4, -0.2) is 46.4 Å². The lowest BCUT2D eigenvalue weighted by Gasteiger charge is -2.19. The van der Waals surface area contributed by atoms with Gasteiger partial charge in [0.25, 0.3) is 15.9 Å². The average molecular weight is 501 g/mol. The minimum atomic E-state index is -4.87. The molecule has 0 saturated carbocycles. The fourth-order valence-corrected chi connectivity index (χ4v) is 4.72. The molecule has 7 nitrogen and oxygen atoms in total. The van der Waals surface area contributed by atoms with Gasteiger partial charge in [-0.2, -0.15) is 0 Å². The number of methoxy groups -OCH3 is 1. The van der Waals surface area contributed by atoms with Gasteiger partial charge in [-0.3, -0.25) is 9.52 Å². The van der Waals surface area contributed by atoms with Crippen molar-refractivity contribution in [3.8, 4) is 0 Å². The second kappa shape index (κ2) is 9.88. The van der Waals surface area contributed by atoms with Gasteiger partial charge in [-0.15, -0.1) is 0 Å². The van der Waals surface area contributed by atoms with Crippen LogP contribution in [-0.2, 0) is 19.6 Å². The Labute approximate surface area is 196 Å². The maximum Gasteiger partial charge on any atom is 0.355 e. The molecule has 0 fully saturated rings. The number of sulfonamides is 1. The molecule has 2 rings (SSSR count). The average Bonchev–Trinajstić information content (AvgIpc) is 2.72. The third kappa shape index (κ3) is 5.33. The zero-order valence-corrected chi connectivity index (χ0v) is 20.4. The first-order chi connectivity index (χ1) is 15.2. The second-order valence-corrected chi connectivity index (χ2v) is 9.48. The Morgan fingerprint density at radius 3 is 2.24 bits per heavy atom. The van der Waals surface area contributed by atoms with Gasteiger partial charge >= 0.3 is 5.97 Å². The van der Waals surface area contributed by atoms with Crippen LogP contribution in [0.1, 0.15) is 34.0 Å². The van der Waals surface area contributed by atoms with Gasteiger partial charge in [-0.25, -0.2) is 22.0 Å². The molecule has 0 aliphatic carbocycles. The van der Waals surface area contributed by atoms with Gasteiger partial charge in [0.15, 0.2) is 0 Å². The number of rotatable bonds is 6. The zero-order valence-electron chi connectivity index (χ0n) is 18.8. The first-order valence-electron chi connectivity index (χ1n) is 9.51. The van der Waals surface area contributed by atoms with E-state index in [1.807, 2.05) is 4.72 Å². The molecule has 11 heteroatoms. The Hall–Kier alpha value is -2.98. The van der Waals surface area contributed by atoms with Gasteiger partial charge in [0, 0.05) is 24.7 Å². The van der Waals surface area contributed by atoms with Crippen LogP contribution >= 0.6 is 11.6 Å². The topological polar surface area (TPSA) is 92.8 Å². The molecule has 0 saturated heterocycles. The van der Waals surface area contributed by atoms with E-state index < -0.39 is 49.7 Å². The van der Waals surface area contributed by atoms with Crippen molar-refractivity contribution in [2.75, 3.05) is 21.2 Å². The van der Waals surface area contributed by atoms with Crippen LogP contribution in [0.2, 0.25) is 5.02 Å². The zero-order chi connectivity index (χ0) is 25.2. The summed E-state index contributed by atoms with van der Waals surface area (Å²) in [4.78, 5) is 25.0. The van der Waals surface area contributed by atoms with Crippen LogP contribution in [0.5, 0.6) is 0 Å². The van der Waals surface area contributed by atoms with Crippen molar-refractivity contribution >= 4 is 39.1 Å². The van der Waals surface area contributed by atoms with E-state index in [1.54, 1.807) is 13.8 Å². The highest BCUT2D eigenvalue weighted by atomic mass is 35.5. The van der Waals surface area contributed by atoms with E-state index in [-0.39, 0.29) is 16.2 Å². The molecular weight excluding hydrogens is 478 g/mol. The number of nitrogens with zero attached hydrogens (tertiary/aromatic N) is 1. The number of benzene rings is 2. The van der Waals surface area contributed by atoms with Crippen molar-refractivity contribution in [2.24, 2.45) is 0 Å². The molecule has 0 aromatic heterocycles. The monoisotopic (exact) mass is 500 g/mol. The largest absolute Gasteiger partial charge is 0.464 e. The summed E-state index contributed by atoms with van der Waals surface area (Å²) in [5, 5.41) is -0.200. The predicted octanol–water partition coefficient (Wildman–Crippen LogP) is 3.82. The highest BCUT2D eigenvalue weighted by molar-refractivity contribution is 7.89. The van der Waals surface area contributed by atoms with Crippen molar-refractivity contribution in [3.05, 3.63) is 68.9 Å². The Bertz CT molecular complexity index is 1270. The highest BCUT2D eigenvalue weighted by Crippen LogP contribution is 2.30. The lowest BCUT2D eigenvalue weighted by Crippen LogP contribution is -2.32. The summed E-state index contributed by atoms with van der Waals surface area (Å²) in [6, 6.07) is 4.44. The molecule has 1 amide bonds. The summed E-state index contributed by atoms with van der Waals surface area (Å²) in [6.07, 6.45) is 0. The van der Waals surface area contributed by atoms with Crippen LogP contribution < -0.4 is 4.72 Å². The van der Waals surface area contributed by atoms with Crippen LogP contribution in [0.4, 0.5) is 8.78 Å². The van der Waals surface area contributed by atoms with Crippen LogP contribution in [0.15, 0.2) is 34.9 Å². The molecule has 0 heterocycles. The number of nitrogens with one attached hydrogen (secondary N) is 1. The fourth-order valence-electron chi connectivity index (χ4n) is 3.16. The minimum Gasteiger partial charge on any atom is -0.464 e. The Balaban J connectivity index is 2.80. The van der Waals surface area contributed by atoms with E-state index in [4.69, 9.17) is 11.6 Å². The molecule has 0 aliphatic rings. The van der Waals surface area contributed by atoms with Crippen molar-refractivity contribution in [2.45, 2.75) is 25.7 Å². The molecule has 0 bridgehead atoms. The molecule has 0 spiro atoms. The highest BCUT2D eigenvalue weighted by Gasteiger charge is 2.32. The van der Waals surface area contributed by atoms with Crippen LogP contribution in [0.3, 0.4) is 0 Å². The number of carbonyl (C=O) groups is 2. The number of ether oxygens (including phenoxy) is 1. The van der Waals surface area contributed by atoms with Crippen molar-refractivity contribution in [1.29, 1.82) is 0 Å². The third-order valence-electron chi connectivity index (χ3n) is 4.97. The summed E-state index contributed by atoms with van der Waals surface area (Å²) in [7, 11) is -1.17. The van der Waals surface area contributed by atoms with Crippen molar-refractivity contribution in [1.82, 2.24) is 9.62 Å². The number of esters is 1. The number of amides is 1. The molecule has 2 aromatic rings. The first-order valence-corrected chi connectivity index (χ1v) is 11.4. The number of halogens is 3. The number of hydrogen-bond acceptors (Lipinski definition) is 5. The molecular formula is C22H23ClF2N2O5S. The van der Waals surface area contributed by atoms with E-state index in [0.29, 0.717) is 11.1 Å². The number of hydrogen-bond donors (Lipinski definition) is 1. The molecule has 178 valence electrons. The van der Waals surface area contributed by atoms with E-state index in [9.17, 15) is 26.8 Å². The SMILES string of the molecule is COC(=O)/C(NS(=O)(=O)c1c(F)cc(Cl)cc1C(=O)N(C)C)=C(\C)c1c(F)ccc(C)c1C. The number of aryl methyl sites for hydroxylation is 1. The summed E-state index contributed by atoms with van der Waals surface area (Å²) in [6.45, 7) is 4.65. The predicted molar refractivity (Wildman–Crippen MR) is 120 cm³/mol. The quantitative estimate of drug-likeness (QED) is 0.481. The van der Waals surface area contributed by atoms with E-state index in [1.165, 1.54) is 33.2 Å². The van der Waals surface area contributed by atoms with Crippen molar-refractivity contribution < 1.29 is 31.5 Å². The summed E-state index contributed by atoms with van der Waals surface area (Å²) < 4.78 is 62.5. The Morgan fingerprint density at radius 2 is 1.70 bits per heavy atom. The fraction of sp³-hybridized carbons (Fsp3) is 0.273.